The summed E-state index contributed by atoms with van der Waals surface area (Å²) in [5, 5.41) is 3.64. The molecule has 0 unspecified atom stereocenters. The fourth-order valence-corrected chi connectivity index (χ4v) is 4.00. The lowest BCUT2D eigenvalue weighted by molar-refractivity contribution is 0.220. The third kappa shape index (κ3) is 3.50. The third-order valence-corrected chi connectivity index (χ3v) is 5.62. The van der Waals surface area contributed by atoms with Gasteiger partial charge in [0.25, 0.3) is 0 Å². The van der Waals surface area contributed by atoms with Gasteiger partial charge in [0.15, 0.2) is 5.13 Å². The number of aromatic nitrogens is 1. The number of nitrogens with one attached hydrogen (secondary N) is 1. The second kappa shape index (κ2) is 6.79. The normalized spacial score (nSPS) is 13.5. The molecule has 4 nitrogen and oxygen atoms in total. The zero-order chi connectivity index (χ0) is 15.5. The van der Waals surface area contributed by atoms with Gasteiger partial charge in [-0.2, -0.15) is 0 Å². The predicted molar refractivity (Wildman–Crippen MR) is 93.4 cm³/mol. The monoisotopic (exact) mass is 379 g/mol. The summed E-state index contributed by atoms with van der Waals surface area (Å²) >= 11 is 5.12. The number of carbonyl (C=O) groups excluding carboxylic acids is 1. The van der Waals surface area contributed by atoms with Crippen molar-refractivity contribution in [2.75, 3.05) is 12.4 Å². The molecule has 0 radical (unpaired) electrons. The van der Waals surface area contributed by atoms with Gasteiger partial charge in [0.2, 0.25) is 0 Å². The van der Waals surface area contributed by atoms with Gasteiger partial charge in [-0.3, -0.25) is 5.32 Å². The van der Waals surface area contributed by atoms with Crippen molar-refractivity contribution in [1.82, 2.24) is 9.88 Å². The maximum absolute atomic E-state index is 12.3. The van der Waals surface area contributed by atoms with Crippen LogP contribution in [-0.2, 0) is 19.4 Å². The van der Waals surface area contributed by atoms with Gasteiger partial charge < -0.3 is 4.90 Å². The van der Waals surface area contributed by atoms with Crippen molar-refractivity contribution >= 4 is 38.4 Å². The maximum atomic E-state index is 12.3. The first-order chi connectivity index (χ1) is 10.6. The van der Waals surface area contributed by atoms with Gasteiger partial charge in [-0.25, -0.2) is 9.78 Å². The molecular weight excluding hydrogens is 362 g/mol. The number of hydrogen-bond acceptors (Lipinski definition) is 3. The molecule has 6 heteroatoms. The lowest BCUT2D eigenvalue weighted by atomic mass is 10.0. The number of amides is 2. The number of urea groups is 1. The molecule has 1 heterocycles. The number of anilines is 1. The quantitative estimate of drug-likeness (QED) is 0.855. The molecule has 3 rings (SSSR count). The highest BCUT2D eigenvalue weighted by molar-refractivity contribution is 9.10. The number of halogens is 1. The number of fused-ring (bicyclic) bond motifs is 1. The van der Waals surface area contributed by atoms with Gasteiger partial charge in [-0.1, -0.05) is 34.1 Å². The number of benzene rings is 1. The lowest BCUT2D eigenvalue weighted by Gasteiger charge is -2.17. The van der Waals surface area contributed by atoms with Gasteiger partial charge in [-0.15, -0.1) is 11.3 Å². The molecule has 0 saturated heterocycles. The molecule has 0 spiro atoms. The minimum Gasteiger partial charge on any atom is -0.323 e. The first kappa shape index (κ1) is 15.5. The zero-order valence-electron chi connectivity index (χ0n) is 12.4. The summed E-state index contributed by atoms with van der Waals surface area (Å²) in [6, 6.07) is 7.81. The van der Waals surface area contributed by atoms with Crippen molar-refractivity contribution in [3.63, 3.8) is 0 Å². The van der Waals surface area contributed by atoms with E-state index in [1.54, 1.807) is 23.3 Å². The largest absolute Gasteiger partial charge is 0.323 e. The minimum atomic E-state index is -0.123. The van der Waals surface area contributed by atoms with Crippen LogP contribution in [-0.4, -0.2) is 23.0 Å². The molecule has 1 aliphatic rings. The Bertz CT molecular complexity index is 662. The van der Waals surface area contributed by atoms with Gasteiger partial charge in [0.1, 0.15) is 0 Å². The maximum Gasteiger partial charge on any atom is 0.323 e. The Kier molecular flexibility index (Phi) is 4.78. The van der Waals surface area contributed by atoms with E-state index in [4.69, 9.17) is 0 Å². The molecule has 1 N–H and O–H groups in total. The first-order valence-electron chi connectivity index (χ1n) is 7.37. The van der Waals surface area contributed by atoms with Gasteiger partial charge in [-0.05, 0) is 37.3 Å². The molecule has 1 aromatic carbocycles. The number of aryl methyl sites for hydroxylation is 2. The van der Waals surface area contributed by atoms with Crippen molar-refractivity contribution in [3.8, 4) is 0 Å². The highest BCUT2D eigenvalue weighted by Crippen LogP contribution is 2.29. The Morgan fingerprint density at radius 2 is 2.14 bits per heavy atom. The molecule has 0 bridgehead atoms. The van der Waals surface area contributed by atoms with E-state index in [0.717, 1.165) is 28.0 Å². The zero-order valence-corrected chi connectivity index (χ0v) is 14.8. The van der Waals surface area contributed by atoms with Crippen LogP contribution in [0.2, 0.25) is 0 Å². The van der Waals surface area contributed by atoms with E-state index >= 15 is 0 Å². The van der Waals surface area contributed by atoms with Crippen LogP contribution >= 0.6 is 27.3 Å². The van der Waals surface area contributed by atoms with Crippen LogP contribution < -0.4 is 5.32 Å². The molecule has 1 aromatic heterocycles. The second-order valence-corrected chi connectivity index (χ2v) is 7.41. The van der Waals surface area contributed by atoms with E-state index in [1.165, 1.54) is 23.4 Å². The molecule has 22 heavy (non-hydrogen) atoms. The molecule has 1 aliphatic carbocycles. The molecule has 0 fully saturated rings. The van der Waals surface area contributed by atoms with Crippen LogP contribution in [0.5, 0.6) is 0 Å². The van der Waals surface area contributed by atoms with Crippen molar-refractivity contribution in [2.45, 2.75) is 32.2 Å². The summed E-state index contributed by atoms with van der Waals surface area (Å²) in [4.78, 5) is 19.9. The van der Waals surface area contributed by atoms with Crippen LogP contribution in [0.15, 0.2) is 28.7 Å². The average Bonchev–Trinajstić information content (AvgIpc) is 2.91. The number of hydrogen-bond donors (Lipinski definition) is 1. The second-order valence-electron chi connectivity index (χ2n) is 5.47. The highest BCUT2D eigenvalue weighted by Gasteiger charge is 2.18. The van der Waals surface area contributed by atoms with Crippen LogP contribution in [0.3, 0.4) is 0 Å². The van der Waals surface area contributed by atoms with Crippen molar-refractivity contribution in [2.24, 2.45) is 0 Å². The van der Waals surface area contributed by atoms with E-state index < -0.39 is 0 Å². The highest BCUT2D eigenvalue weighted by atomic mass is 79.9. The molecule has 116 valence electrons. The molecule has 2 amide bonds. The Hall–Kier alpha value is -1.40. The Labute approximate surface area is 142 Å². The van der Waals surface area contributed by atoms with Crippen LogP contribution in [0, 0.1) is 0 Å². The smallest absolute Gasteiger partial charge is 0.323 e. The Balaban J connectivity index is 1.64. The van der Waals surface area contributed by atoms with Crippen LogP contribution in [0.25, 0.3) is 0 Å². The fraction of sp³-hybridized carbons (Fsp3) is 0.375. The summed E-state index contributed by atoms with van der Waals surface area (Å²) in [5.74, 6) is 0. The summed E-state index contributed by atoms with van der Waals surface area (Å²) < 4.78 is 1.01. The van der Waals surface area contributed by atoms with Crippen LogP contribution in [0.1, 0.15) is 29.0 Å². The van der Waals surface area contributed by atoms with Crippen molar-refractivity contribution < 1.29 is 4.79 Å². The number of rotatable bonds is 3. The van der Waals surface area contributed by atoms with Gasteiger partial charge in [0.05, 0.1) is 5.69 Å². The van der Waals surface area contributed by atoms with Gasteiger partial charge >= 0.3 is 6.03 Å². The first-order valence-corrected chi connectivity index (χ1v) is 8.98. The minimum absolute atomic E-state index is 0.123. The average molecular weight is 380 g/mol. The lowest BCUT2D eigenvalue weighted by Crippen LogP contribution is -2.30. The van der Waals surface area contributed by atoms with E-state index in [0.29, 0.717) is 6.54 Å². The molecule has 0 saturated carbocycles. The molecule has 2 aromatic rings. The summed E-state index contributed by atoms with van der Waals surface area (Å²) in [6.45, 7) is 0.554. The number of thiazole rings is 1. The molecule has 0 atom stereocenters. The van der Waals surface area contributed by atoms with E-state index in [-0.39, 0.29) is 6.03 Å². The number of nitrogens with zero attached hydrogens (tertiary/aromatic N) is 2. The van der Waals surface area contributed by atoms with E-state index in [9.17, 15) is 4.79 Å². The van der Waals surface area contributed by atoms with Gasteiger partial charge in [0, 0.05) is 22.9 Å². The fourth-order valence-electron chi connectivity index (χ4n) is 2.55. The SMILES string of the molecule is CN(Cc1ccccc1Br)C(=O)Nc1nc2c(s1)CCCC2. The summed E-state index contributed by atoms with van der Waals surface area (Å²) in [5.41, 5.74) is 2.25. The molecule has 0 aliphatic heterocycles. The topological polar surface area (TPSA) is 45.2 Å². The Morgan fingerprint density at radius 3 is 2.91 bits per heavy atom. The van der Waals surface area contributed by atoms with E-state index in [1.807, 2.05) is 24.3 Å². The summed E-state index contributed by atoms with van der Waals surface area (Å²) in [7, 11) is 1.79. The van der Waals surface area contributed by atoms with E-state index in [2.05, 4.69) is 26.2 Å². The molecular formula is C16H18BrN3OS. The Morgan fingerprint density at radius 1 is 1.36 bits per heavy atom. The van der Waals surface area contributed by atoms with Crippen molar-refractivity contribution in [1.29, 1.82) is 0 Å². The third-order valence-electron chi connectivity index (χ3n) is 3.77. The summed E-state index contributed by atoms with van der Waals surface area (Å²) in [6.07, 6.45) is 4.56. The van der Waals surface area contributed by atoms with Crippen molar-refractivity contribution in [3.05, 3.63) is 44.9 Å². The van der Waals surface area contributed by atoms with Crippen LogP contribution in [0.4, 0.5) is 9.93 Å². The predicted octanol–water partition coefficient (Wildman–Crippen LogP) is 4.45. The standard InChI is InChI=1S/C16H18BrN3OS/c1-20(10-11-6-2-3-7-12(11)17)16(21)19-15-18-13-8-4-5-9-14(13)22-15/h2-3,6-7H,4-5,8-10H2,1H3,(H,18,19,21). The number of carbonyl (C=O) groups is 1.